The number of allylic oxidation sites excluding steroid dienone is 2. The number of hydrogen-bond acceptors (Lipinski definition) is 5. The van der Waals surface area contributed by atoms with E-state index in [2.05, 4.69) is 4.74 Å². The second-order valence-corrected chi connectivity index (χ2v) is 6.39. The molecule has 27 heavy (non-hydrogen) atoms. The van der Waals surface area contributed by atoms with E-state index < -0.39 is 96.5 Å². The van der Waals surface area contributed by atoms with Gasteiger partial charge in [-0.25, -0.2) is 0 Å². The van der Waals surface area contributed by atoms with Crippen LogP contribution in [-0.4, -0.2) is 34.1 Å². The quantitative estimate of drug-likeness (QED) is 0.427. The number of carboxylic acid groups (broad SMARTS) is 2. The first-order valence-corrected chi connectivity index (χ1v) is 7.80. The van der Waals surface area contributed by atoms with Crippen molar-refractivity contribution < 1.29 is 51.7 Å². The summed E-state index contributed by atoms with van der Waals surface area (Å²) in [5.74, 6) is -12.0. The average molecular weight is 394 g/mol. The predicted octanol–water partition coefficient (Wildman–Crippen LogP) is 2.58. The van der Waals surface area contributed by atoms with Gasteiger partial charge in [-0.05, 0) is 36.8 Å². The zero-order valence-corrected chi connectivity index (χ0v) is 13.6. The van der Waals surface area contributed by atoms with Gasteiger partial charge in [-0.15, -0.1) is 0 Å². The van der Waals surface area contributed by atoms with Gasteiger partial charge in [0, 0.05) is 0 Å². The molecule has 2 rings (SSSR count). The van der Waals surface area contributed by atoms with Crippen molar-refractivity contribution in [3.63, 3.8) is 0 Å². The lowest BCUT2D eigenvalue weighted by atomic mass is 9.95. The van der Waals surface area contributed by atoms with Crippen LogP contribution < -0.4 is 0 Å². The molecule has 2 aliphatic carbocycles. The van der Waals surface area contributed by atoms with E-state index in [1.165, 1.54) is 0 Å². The van der Waals surface area contributed by atoms with Crippen LogP contribution >= 0.6 is 0 Å². The molecule has 0 heterocycles. The van der Waals surface area contributed by atoms with Crippen molar-refractivity contribution in [2.24, 2.45) is 23.7 Å². The van der Waals surface area contributed by atoms with Gasteiger partial charge in [-0.1, -0.05) is 0 Å². The van der Waals surface area contributed by atoms with Crippen molar-refractivity contribution in [3.8, 4) is 0 Å². The van der Waals surface area contributed by atoms with Gasteiger partial charge in [0.1, 0.15) is 0 Å². The summed E-state index contributed by atoms with van der Waals surface area (Å²) < 4.78 is 55.3. The Morgan fingerprint density at radius 3 is 1.22 bits per heavy atom. The highest BCUT2D eigenvalue weighted by Crippen LogP contribution is 2.41. The van der Waals surface area contributed by atoms with Gasteiger partial charge in [0.25, 0.3) is 12.2 Å². The first kappa shape index (κ1) is 20.6. The van der Waals surface area contributed by atoms with Gasteiger partial charge in [0.2, 0.25) is 0 Å². The molecule has 0 saturated heterocycles. The third kappa shape index (κ3) is 4.34. The van der Waals surface area contributed by atoms with E-state index in [9.17, 15) is 36.7 Å². The number of esters is 2. The average Bonchev–Trinajstić information content (AvgIpc) is 3.19. The van der Waals surface area contributed by atoms with Gasteiger partial charge in [0.05, 0.1) is 23.7 Å². The number of rotatable bonds is 4. The SMILES string of the molecule is O=C(O)C1CC(=C(F)F)CC1C(=O)OC(=O)C1CC(=C(F)F)CC1C(=O)O. The fourth-order valence-electron chi connectivity index (χ4n) is 3.37. The summed E-state index contributed by atoms with van der Waals surface area (Å²) >= 11 is 0. The van der Waals surface area contributed by atoms with Crippen LogP contribution in [0, 0.1) is 23.7 Å². The summed E-state index contributed by atoms with van der Waals surface area (Å²) in [6, 6.07) is 0. The highest BCUT2D eigenvalue weighted by Gasteiger charge is 2.47. The third-order valence-corrected chi connectivity index (χ3v) is 4.81. The minimum atomic E-state index is -2.13. The molecule has 0 aromatic heterocycles. The molecule has 0 bridgehead atoms. The van der Waals surface area contributed by atoms with Crippen LogP contribution in [0.4, 0.5) is 17.6 Å². The maximum absolute atomic E-state index is 12.7. The highest BCUT2D eigenvalue weighted by atomic mass is 19.3. The fourth-order valence-corrected chi connectivity index (χ4v) is 3.37. The van der Waals surface area contributed by atoms with Crippen LogP contribution in [0.5, 0.6) is 0 Å². The van der Waals surface area contributed by atoms with E-state index in [4.69, 9.17) is 10.2 Å². The van der Waals surface area contributed by atoms with E-state index >= 15 is 0 Å². The number of carboxylic acids is 2. The standard InChI is InChI=1S/C16H14F4O7/c17-11(18)5-1-7(13(21)22)9(3-5)15(25)27-16(26)10-4-6(12(19)20)2-8(10)14(23)24/h7-10H,1-4H2,(H,21,22)(H,23,24). The molecule has 4 unspecified atom stereocenters. The Labute approximate surface area is 149 Å². The van der Waals surface area contributed by atoms with Crippen molar-refractivity contribution in [2.45, 2.75) is 25.7 Å². The molecule has 2 saturated carbocycles. The largest absolute Gasteiger partial charge is 0.481 e. The lowest BCUT2D eigenvalue weighted by Crippen LogP contribution is -2.33. The van der Waals surface area contributed by atoms with Crippen LogP contribution in [0.1, 0.15) is 25.7 Å². The molecule has 2 aliphatic rings. The second-order valence-electron chi connectivity index (χ2n) is 6.39. The molecule has 148 valence electrons. The topological polar surface area (TPSA) is 118 Å². The van der Waals surface area contributed by atoms with E-state index in [0.29, 0.717) is 0 Å². The second kappa shape index (κ2) is 7.89. The number of carbonyl (C=O) groups excluding carboxylic acids is 2. The fraction of sp³-hybridized carbons (Fsp3) is 0.500. The Kier molecular flexibility index (Phi) is 6.01. The lowest BCUT2D eigenvalue weighted by molar-refractivity contribution is -0.171. The number of ether oxygens (including phenoxy) is 1. The summed E-state index contributed by atoms with van der Waals surface area (Å²) in [7, 11) is 0. The first-order valence-electron chi connectivity index (χ1n) is 7.80. The number of carbonyl (C=O) groups is 4. The van der Waals surface area contributed by atoms with Crippen molar-refractivity contribution in [1.82, 2.24) is 0 Å². The minimum Gasteiger partial charge on any atom is -0.481 e. The summed E-state index contributed by atoms with van der Waals surface area (Å²) in [6.07, 6.45) is -6.68. The molecule has 0 radical (unpaired) electrons. The van der Waals surface area contributed by atoms with Gasteiger partial charge < -0.3 is 14.9 Å². The molecule has 0 aromatic carbocycles. The van der Waals surface area contributed by atoms with Gasteiger partial charge in [0.15, 0.2) is 0 Å². The predicted molar refractivity (Wildman–Crippen MR) is 77.3 cm³/mol. The van der Waals surface area contributed by atoms with E-state index in [1.54, 1.807) is 0 Å². The van der Waals surface area contributed by atoms with Gasteiger partial charge >= 0.3 is 23.9 Å². The molecule has 2 N–H and O–H groups in total. The number of hydrogen-bond donors (Lipinski definition) is 2. The first-order chi connectivity index (χ1) is 12.5. The molecule has 0 spiro atoms. The Morgan fingerprint density at radius 2 is 0.963 bits per heavy atom. The molecule has 7 nitrogen and oxygen atoms in total. The van der Waals surface area contributed by atoms with Crippen molar-refractivity contribution in [1.29, 1.82) is 0 Å². The smallest absolute Gasteiger partial charge is 0.317 e. The lowest BCUT2D eigenvalue weighted by Gasteiger charge is -2.17. The summed E-state index contributed by atoms with van der Waals surface area (Å²) in [6.45, 7) is 0. The van der Waals surface area contributed by atoms with Crippen LogP contribution in [0.3, 0.4) is 0 Å². The Hall–Kier alpha value is -2.72. The molecule has 0 aliphatic heterocycles. The highest BCUT2D eigenvalue weighted by molar-refractivity contribution is 5.93. The van der Waals surface area contributed by atoms with Gasteiger partial charge in [-0.2, -0.15) is 17.6 Å². The van der Waals surface area contributed by atoms with Crippen LogP contribution in [0.15, 0.2) is 23.3 Å². The zero-order valence-electron chi connectivity index (χ0n) is 13.6. The normalized spacial score (nSPS) is 27.4. The molecule has 2 fully saturated rings. The van der Waals surface area contributed by atoms with Crippen LogP contribution in [0.2, 0.25) is 0 Å². The Balaban J connectivity index is 2.15. The third-order valence-electron chi connectivity index (χ3n) is 4.81. The van der Waals surface area contributed by atoms with E-state index in [0.717, 1.165) is 0 Å². The van der Waals surface area contributed by atoms with Crippen molar-refractivity contribution in [2.75, 3.05) is 0 Å². The summed E-state index contributed by atoms with van der Waals surface area (Å²) in [5, 5.41) is 18.1. The molecular formula is C16H14F4O7. The maximum atomic E-state index is 12.7. The van der Waals surface area contributed by atoms with Crippen molar-refractivity contribution in [3.05, 3.63) is 23.3 Å². The zero-order chi connectivity index (χ0) is 20.5. The van der Waals surface area contributed by atoms with E-state index in [-0.39, 0.29) is 0 Å². The summed E-state index contributed by atoms with van der Waals surface area (Å²) in [5.41, 5.74) is -1.10. The van der Waals surface area contributed by atoms with E-state index in [1.807, 2.05) is 0 Å². The van der Waals surface area contributed by atoms with Crippen LogP contribution in [0.25, 0.3) is 0 Å². The van der Waals surface area contributed by atoms with Gasteiger partial charge in [-0.3, -0.25) is 19.2 Å². The number of halogens is 4. The molecule has 11 heteroatoms. The molecule has 4 atom stereocenters. The maximum Gasteiger partial charge on any atom is 0.317 e. The van der Waals surface area contributed by atoms with Crippen molar-refractivity contribution >= 4 is 23.9 Å². The summed E-state index contributed by atoms with van der Waals surface area (Å²) in [4.78, 5) is 46.5. The molecule has 0 amide bonds. The number of aliphatic carboxylic acids is 2. The Bertz CT molecular complexity index is 688. The molecule has 0 aromatic rings. The molecular weight excluding hydrogens is 380 g/mol. The minimum absolute atomic E-state index is 0.550. The monoisotopic (exact) mass is 394 g/mol. The van der Waals surface area contributed by atoms with Crippen LogP contribution in [-0.2, 0) is 23.9 Å². The Morgan fingerprint density at radius 1 is 0.667 bits per heavy atom.